The van der Waals surface area contributed by atoms with Crippen LogP contribution in [0, 0.1) is 0 Å². The summed E-state index contributed by atoms with van der Waals surface area (Å²) in [6.07, 6.45) is 2.97. The number of methoxy groups -OCH3 is 1. The van der Waals surface area contributed by atoms with E-state index in [0.29, 0.717) is 27.9 Å². The summed E-state index contributed by atoms with van der Waals surface area (Å²) in [7, 11) is 1.52. The Hall–Kier alpha value is -2.35. The topological polar surface area (TPSA) is 93.5 Å². The molecule has 1 unspecified atom stereocenters. The Morgan fingerprint density at radius 3 is 2.74 bits per heavy atom. The van der Waals surface area contributed by atoms with Gasteiger partial charge in [-0.1, -0.05) is 6.07 Å². The molecule has 7 nitrogen and oxygen atoms in total. The van der Waals surface area contributed by atoms with Gasteiger partial charge in [0.05, 0.1) is 23.3 Å². The lowest BCUT2D eigenvalue weighted by atomic mass is 10.1. The van der Waals surface area contributed by atoms with Gasteiger partial charge in [-0.25, -0.2) is 4.79 Å². The largest absolute Gasteiger partial charge is 0.496 e. The Morgan fingerprint density at radius 1 is 1.48 bits per heavy atom. The number of amides is 1. The molecular weight excluding hydrogens is 366 g/mol. The zero-order chi connectivity index (χ0) is 17.0. The minimum absolute atomic E-state index is 0.311. The van der Waals surface area contributed by atoms with Gasteiger partial charge >= 0.3 is 5.97 Å². The number of aliphatic carboxylic acids is 1. The molecule has 122 valence electrons. The second-order valence-electron chi connectivity index (χ2n) is 4.72. The molecule has 0 saturated carbocycles. The van der Waals surface area contributed by atoms with Gasteiger partial charge in [-0.2, -0.15) is 5.10 Å². The Morgan fingerprint density at radius 2 is 2.22 bits per heavy atom. The van der Waals surface area contributed by atoms with Gasteiger partial charge < -0.3 is 15.2 Å². The van der Waals surface area contributed by atoms with Crippen LogP contribution in [0.3, 0.4) is 0 Å². The highest BCUT2D eigenvalue weighted by Gasteiger charge is 2.24. The highest BCUT2D eigenvalue weighted by molar-refractivity contribution is 9.10. The van der Waals surface area contributed by atoms with E-state index >= 15 is 0 Å². The zero-order valence-electron chi connectivity index (χ0n) is 12.6. The molecule has 23 heavy (non-hydrogen) atoms. The highest BCUT2D eigenvalue weighted by Crippen LogP contribution is 2.28. The van der Waals surface area contributed by atoms with Crippen LogP contribution in [0.5, 0.6) is 5.75 Å². The monoisotopic (exact) mass is 381 g/mol. The van der Waals surface area contributed by atoms with Crippen LogP contribution in [0.15, 0.2) is 35.1 Å². The zero-order valence-corrected chi connectivity index (χ0v) is 14.2. The first-order valence-electron chi connectivity index (χ1n) is 6.85. The van der Waals surface area contributed by atoms with Crippen molar-refractivity contribution in [3.63, 3.8) is 0 Å². The standard InChI is InChI=1S/C15H16BrN3O4/c1-3-19-8-10(7-17-19)14(20)18-13(15(21)22)9-4-5-12(23-2)11(16)6-9/h4-8,13H,3H2,1-2H3,(H,18,20)(H,21,22). The Kier molecular flexibility index (Phi) is 5.38. The fraction of sp³-hybridized carbons (Fsp3) is 0.267. The van der Waals surface area contributed by atoms with Crippen LogP contribution in [-0.4, -0.2) is 33.9 Å². The number of carboxylic acids is 1. The van der Waals surface area contributed by atoms with E-state index in [1.807, 2.05) is 6.92 Å². The molecule has 1 aromatic heterocycles. The number of halogens is 1. The summed E-state index contributed by atoms with van der Waals surface area (Å²) in [5.41, 5.74) is 0.743. The molecular formula is C15H16BrN3O4. The molecule has 1 amide bonds. The fourth-order valence-electron chi connectivity index (χ4n) is 2.02. The van der Waals surface area contributed by atoms with E-state index in [4.69, 9.17) is 4.74 Å². The van der Waals surface area contributed by atoms with Crippen molar-refractivity contribution < 1.29 is 19.4 Å². The van der Waals surface area contributed by atoms with E-state index in [2.05, 4.69) is 26.3 Å². The molecule has 0 aliphatic heterocycles. The number of aryl methyl sites for hydroxylation is 1. The molecule has 1 heterocycles. The molecule has 0 fully saturated rings. The predicted molar refractivity (Wildman–Crippen MR) is 86.4 cm³/mol. The third-order valence-electron chi connectivity index (χ3n) is 3.25. The normalized spacial score (nSPS) is 11.8. The van der Waals surface area contributed by atoms with E-state index < -0.39 is 17.9 Å². The number of hydrogen-bond donors (Lipinski definition) is 2. The molecule has 2 N–H and O–H groups in total. The van der Waals surface area contributed by atoms with Crippen molar-refractivity contribution in [3.8, 4) is 5.75 Å². The summed E-state index contributed by atoms with van der Waals surface area (Å²) in [5.74, 6) is -1.07. The van der Waals surface area contributed by atoms with Gasteiger partial charge in [0.15, 0.2) is 6.04 Å². The van der Waals surface area contributed by atoms with Gasteiger partial charge in [0.1, 0.15) is 5.75 Å². The SMILES string of the molecule is CCn1cc(C(=O)NC(C(=O)O)c2ccc(OC)c(Br)c2)cn1. The molecule has 0 aliphatic rings. The summed E-state index contributed by atoms with van der Waals surface area (Å²) < 4.78 is 7.31. The number of carbonyl (C=O) groups is 2. The van der Waals surface area contributed by atoms with Crippen molar-refractivity contribution in [2.24, 2.45) is 0 Å². The van der Waals surface area contributed by atoms with Crippen LogP contribution < -0.4 is 10.1 Å². The molecule has 8 heteroatoms. The van der Waals surface area contributed by atoms with Gasteiger partial charge in [0, 0.05) is 12.7 Å². The maximum absolute atomic E-state index is 12.2. The van der Waals surface area contributed by atoms with E-state index in [9.17, 15) is 14.7 Å². The molecule has 1 atom stereocenters. The average Bonchev–Trinajstić information content (AvgIpc) is 3.01. The van der Waals surface area contributed by atoms with Crippen LogP contribution in [-0.2, 0) is 11.3 Å². The molecule has 1 aromatic carbocycles. The summed E-state index contributed by atoms with van der Waals surface area (Å²) in [4.78, 5) is 23.7. The summed E-state index contributed by atoms with van der Waals surface area (Å²) >= 11 is 3.30. The second-order valence-corrected chi connectivity index (χ2v) is 5.58. The van der Waals surface area contributed by atoms with E-state index in [1.165, 1.54) is 13.3 Å². The van der Waals surface area contributed by atoms with Gasteiger partial charge in [-0.3, -0.25) is 9.48 Å². The molecule has 2 rings (SSSR count). The number of nitrogens with one attached hydrogen (secondary N) is 1. The summed E-state index contributed by atoms with van der Waals surface area (Å²) in [6, 6.07) is 3.66. The number of aromatic nitrogens is 2. The molecule has 0 aliphatic carbocycles. The van der Waals surface area contributed by atoms with Crippen LogP contribution in [0.2, 0.25) is 0 Å². The first-order chi connectivity index (χ1) is 11.0. The Bertz CT molecular complexity index is 729. The first kappa shape index (κ1) is 17.0. The number of carboxylic acid groups (broad SMARTS) is 1. The summed E-state index contributed by atoms with van der Waals surface area (Å²) in [6.45, 7) is 2.52. The van der Waals surface area contributed by atoms with Crippen LogP contribution in [0.4, 0.5) is 0 Å². The van der Waals surface area contributed by atoms with Crippen LogP contribution >= 0.6 is 15.9 Å². The highest BCUT2D eigenvalue weighted by atomic mass is 79.9. The lowest BCUT2D eigenvalue weighted by Crippen LogP contribution is -2.33. The van der Waals surface area contributed by atoms with Crippen molar-refractivity contribution in [1.29, 1.82) is 0 Å². The minimum Gasteiger partial charge on any atom is -0.496 e. The van der Waals surface area contributed by atoms with Gasteiger partial charge in [-0.15, -0.1) is 0 Å². The maximum atomic E-state index is 12.2. The first-order valence-corrected chi connectivity index (χ1v) is 7.65. The number of ether oxygens (including phenoxy) is 1. The molecule has 0 radical (unpaired) electrons. The number of nitrogens with zero attached hydrogens (tertiary/aromatic N) is 2. The number of hydrogen-bond acceptors (Lipinski definition) is 4. The number of carbonyl (C=O) groups excluding carboxylic acids is 1. The third-order valence-corrected chi connectivity index (χ3v) is 3.87. The average molecular weight is 382 g/mol. The molecule has 0 saturated heterocycles. The van der Waals surface area contributed by atoms with Crippen molar-refractivity contribution >= 4 is 27.8 Å². The lowest BCUT2D eigenvalue weighted by Gasteiger charge is -2.15. The van der Waals surface area contributed by atoms with E-state index in [0.717, 1.165) is 0 Å². The van der Waals surface area contributed by atoms with Crippen LogP contribution in [0.1, 0.15) is 28.9 Å². The van der Waals surface area contributed by atoms with E-state index in [-0.39, 0.29) is 0 Å². The number of rotatable bonds is 6. The van der Waals surface area contributed by atoms with Crippen molar-refractivity contribution in [2.75, 3.05) is 7.11 Å². The maximum Gasteiger partial charge on any atom is 0.330 e. The van der Waals surface area contributed by atoms with Gasteiger partial charge in [-0.05, 0) is 40.5 Å². The van der Waals surface area contributed by atoms with E-state index in [1.54, 1.807) is 29.1 Å². The number of benzene rings is 1. The Balaban J connectivity index is 2.23. The smallest absolute Gasteiger partial charge is 0.330 e. The molecule has 0 bridgehead atoms. The fourth-order valence-corrected chi connectivity index (χ4v) is 2.58. The van der Waals surface area contributed by atoms with Crippen LogP contribution in [0.25, 0.3) is 0 Å². The van der Waals surface area contributed by atoms with Crippen molar-refractivity contribution in [1.82, 2.24) is 15.1 Å². The van der Waals surface area contributed by atoms with Gasteiger partial charge in [0.2, 0.25) is 0 Å². The third kappa shape index (κ3) is 3.89. The minimum atomic E-state index is -1.17. The van der Waals surface area contributed by atoms with Gasteiger partial charge in [0.25, 0.3) is 5.91 Å². The van der Waals surface area contributed by atoms with Crippen molar-refractivity contribution in [3.05, 3.63) is 46.2 Å². The Labute approximate surface area is 141 Å². The summed E-state index contributed by atoms with van der Waals surface area (Å²) in [5, 5.41) is 15.9. The predicted octanol–water partition coefficient (Wildman–Crippen LogP) is 2.23. The van der Waals surface area contributed by atoms with Crippen molar-refractivity contribution in [2.45, 2.75) is 19.5 Å². The lowest BCUT2D eigenvalue weighted by molar-refractivity contribution is -0.139. The molecule has 2 aromatic rings. The second kappa shape index (κ2) is 7.28. The molecule has 0 spiro atoms. The quantitative estimate of drug-likeness (QED) is 0.799.